The molecule has 1 rings (SSSR count). The zero-order chi connectivity index (χ0) is 11.8. The third-order valence-corrected chi connectivity index (χ3v) is 2.21. The molecule has 2 nitrogen and oxygen atoms in total. The summed E-state index contributed by atoms with van der Waals surface area (Å²) in [5.41, 5.74) is 3.55. The van der Waals surface area contributed by atoms with Crippen molar-refractivity contribution in [1.29, 1.82) is 0 Å². The Morgan fingerprint density at radius 3 is 1.87 bits per heavy atom. The summed E-state index contributed by atoms with van der Waals surface area (Å²) < 4.78 is 36.7. The quantitative estimate of drug-likeness (QED) is 0.826. The highest BCUT2D eigenvalue weighted by Crippen LogP contribution is 2.35. The van der Waals surface area contributed by atoms with Crippen molar-refractivity contribution in [2.45, 2.75) is 6.18 Å². The first-order valence-electron chi connectivity index (χ1n) is 3.59. The van der Waals surface area contributed by atoms with E-state index in [9.17, 15) is 18.0 Å². The zero-order valence-corrected chi connectivity index (χ0v) is 8.54. The van der Waals surface area contributed by atoms with Gasteiger partial charge in [-0.2, -0.15) is 13.2 Å². The van der Waals surface area contributed by atoms with Crippen LogP contribution in [0.4, 0.5) is 13.2 Å². The molecule has 0 fully saturated rings. The van der Waals surface area contributed by atoms with Gasteiger partial charge in [-0.1, -0.05) is 23.2 Å². The topological polar surface area (TPSA) is 43.1 Å². The van der Waals surface area contributed by atoms with Crippen LogP contribution in [0.15, 0.2) is 12.1 Å². The van der Waals surface area contributed by atoms with Crippen LogP contribution < -0.4 is 5.73 Å². The van der Waals surface area contributed by atoms with Gasteiger partial charge < -0.3 is 5.73 Å². The molecule has 0 unspecified atom stereocenters. The second-order valence-electron chi connectivity index (χ2n) is 2.68. The van der Waals surface area contributed by atoms with Crippen LogP contribution >= 0.6 is 23.2 Å². The molecule has 0 aromatic heterocycles. The van der Waals surface area contributed by atoms with Gasteiger partial charge in [0.05, 0.1) is 21.2 Å². The number of rotatable bonds is 1. The van der Waals surface area contributed by atoms with Crippen molar-refractivity contribution in [3.63, 3.8) is 0 Å². The third-order valence-electron chi connectivity index (χ3n) is 1.62. The SMILES string of the molecule is NC(=O)c1c(Cl)cc(C(F)(F)F)cc1Cl. The molecule has 1 aromatic rings. The van der Waals surface area contributed by atoms with Crippen molar-refractivity contribution in [3.8, 4) is 0 Å². The van der Waals surface area contributed by atoms with Crippen LogP contribution in [0.3, 0.4) is 0 Å². The molecular weight excluding hydrogens is 254 g/mol. The lowest BCUT2D eigenvalue weighted by atomic mass is 10.1. The van der Waals surface area contributed by atoms with Crippen LogP contribution in [0.2, 0.25) is 10.0 Å². The molecule has 7 heteroatoms. The van der Waals surface area contributed by atoms with Gasteiger partial charge in [-0.3, -0.25) is 4.79 Å². The lowest BCUT2D eigenvalue weighted by molar-refractivity contribution is -0.137. The average Bonchev–Trinajstić information content (AvgIpc) is 1.99. The van der Waals surface area contributed by atoms with E-state index < -0.39 is 27.7 Å². The van der Waals surface area contributed by atoms with E-state index in [0.29, 0.717) is 12.1 Å². The van der Waals surface area contributed by atoms with Gasteiger partial charge in [-0.25, -0.2) is 0 Å². The number of amides is 1. The van der Waals surface area contributed by atoms with E-state index in [-0.39, 0.29) is 5.56 Å². The molecule has 0 aliphatic carbocycles. The molecule has 0 heterocycles. The summed E-state index contributed by atoms with van der Waals surface area (Å²) in [6.07, 6.45) is -4.57. The molecule has 0 radical (unpaired) electrons. The van der Waals surface area contributed by atoms with Crippen molar-refractivity contribution < 1.29 is 18.0 Å². The van der Waals surface area contributed by atoms with Crippen molar-refractivity contribution in [1.82, 2.24) is 0 Å². The highest BCUT2D eigenvalue weighted by molar-refractivity contribution is 6.39. The van der Waals surface area contributed by atoms with Crippen LogP contribution in [-0.4, -0.2) is 5.91 Å². The normalized spacial score (nSPS) is 11.5. The number of carbonyl (C=O) groups excluding carboxylic acids is 1. The van der Waals surface area contributed by atoms with Gasteiger partial charge in [0.1, 0.15) is 0 Å². The van der Waals surface area contributed by atoms with Gasteiger partial charge in [0, 0.05) is 0 Å². The zero-order valence-electron chi connectivity index (χ0n) is 7.03. The molecule has 82 valence electrons. The number of hydrogen-bond acceptors (Lipinski definition) is 1. The first-order valence-corrected chi connectivity index (χ1v) is 4.35. The Morgan fingerprint density at radius 2 is 1.60 bits per heavy atom. The van der Waals surface area contributed by atoms with Crippen molar-refractivity contribution in [3.05, 3.63) is 33.3 Å². The number of hydrogen-bond donors (Lipinski definition) is 1. The molecular formula is C8H4Cl2F3NO. The fraction of sp³-hybridized carbons (Fsp3) is 0.125. The number of carbonyl (C=O) groups is 1. The number of benzene rings is 1. The first kappa shape index (κ1) is 12.1. The first-order chi connectivity index (χ1) is 6.73. The highest BCUT2D eigenvalue weighted by atomic mass is 35.5. The Morgan fingerprint density at radius 1 is 1.20 bits per heavy atom. The largest absolute Gasteiger partial charge is 0.416 e. The maximum atomic E-state index is 12.2. The second-order valence-corrected chi connectivity index (χ2v) is 3.49. The summed E-state index contributed by atoms with van der Waals surface area (Å²) >= 11 is 10.9. The van der Waals surface area contributed by atoms with Crippen molar-refractivity contribution in [2.24, 2.45) is 5.73 Å². The van der Waals surface area contributed by atoms with Gasteiger partial charge in [-0.05, 0) is 12.1 Å². The third kappa shape index (κ3) is 2.54. The van der Waals surface area contributed by atoms with E-state index in [0.717, 1.165) is 0 Å². The minimum atomic E-state index is -4.57. The second kappa shape index (κ2) is 3.90. The summed E-state index contributed by atoms with van der Waals surface area (Å²) in [5.74, 6) is -0.973. The van der Waals surface area contributed by atoms with E-state index in [1.54, 1.807) is 0 Å². The molecule has 0 bridgehead atoms. The summed E-state index contributed by atoms with van der Waals surface area (Å²) in [6, 6.07) is 1.21. The van der Waals surface area contributed by atoms with Gasteiger partial charge in [0.15, 0.2) is 0 Å². The molecule has 0 spiro atoms. The summed E-state index contributed by atoms with van der Waals surface area (Å²) in [4.78, 5) is 10.8. The number of alkyl halides is 3. The van der Waals surface area contributed by atoms with Gasteiger partial charge >= 0.3 is 6.18 Å². The Balaban J connectivity index is 3.39. The van der Waals surface area contributed by atoms with E-state index >= 15 is 0 Å². The molecule has 15 heavy (non-hydrogen) atoms. The number of halogens is 5. The Bertz CT molecular complexity index is 394. The molecule has 2 N–H and O–H groups in total. The molecule has 0 aliphatic rings. The minimum absolute atomic E-state index is 0.314. The monoisotopic (exact) mass is 257 g/mol. The molecule has 0 saturated heterocycles. The van der Waals surface area contributed by atoms with Gasteiger partial charge in [0.25, 0.3) is 5.91 Å². The van der Waals surface area contributed by atoms with E-state index in [1.807, 2.05) is 0 Å². The van der Waals surface area contributed by atoms with Crippen LogP contribution in [-0.2, 0) is 6.18 Å². The Labute approximate surface area is 92.8 Å². The maximum Gasteiger partial charge on any atom is 0.416 e. The van der Waals surface area contributed by atoms with Crippen LogP contribution in [0.25, 0.3) is 0 Å². The molecule has 1 aromatic carbocycles. The molecule has 0 saturated carbocycles. The fourth-order valence-electron chi connectivity index (χ4n) is 0.972. The summed E-state index contributed by atoms with van der Waals surface area (Å²) in [7, 11) is 0. The lowest BCUT2D eigenvalue weighted by Crippen LogP contribution is -2.14. The highest BCUT2D eigenvalue weighted by Gasteiger charge is 2.32. The van der Waals surface area contributed by atoms with E-state index in [2.05, 4.69) is 0 Å². The van der Waals surface area contributed by atoms with E-state index in [1.165, 1.54) is 0 Å². The van der Waals surface area contributed by atoms with Crippen molar-refractivity contribution >= 4 is 29.1 Å². The summed E-state index contributed by atoms with van der Waals surface area (Å²) in [5, 5.41) is -0.829. The Hall–Kier alpha value is -0.940. The smallest absolute Gasteiger partial charge is 0.366 e. The van der Waals surface area contributed by atoms with Crippen LogP contribution in [0, 0.1) is 0 Å². The van der Waals surface area contributed by atoms with Gasteiger partial charge in [0.2, 0.25) is 0 Å². The van der Waals surface area contributed by atoms with Crippen LogP contribution in [0.1, 0.15) is 15.9 Å². The number of nitrogens with two attached hydrogens (primary N) is 1. The van der Waals surface area contributed by atoms with E-state index in [4.69, 9.17) is 28.9 Å². The molecule has 1 amide bonds. The average molecular weight is 258 g/mol. The lowest BCUT2D eigenvalue weighted by Gasteiger charge is -2.10. The summed E-state index contributed by atoms with van der Waals surface area (Å²) in [6.45, 7) is 0. The van der Waals surface area contributed by atoms with Gasteiger partial charge in [-0.15, -0.1) is 0 Å². The molecule has 0 atom stereocenters. The number of primary amides is 1. The van der Waals surface area contributed by atoms with Crippen molar-refractivity contribution in [2.75, 3.05) is 0 Å². The molecule has 0 aliphatic heterocycles. The predicted molar refractivity (Wildman–Crippen MR) is 50.0 cm³/mol. The standard InChI is InChI=1S/C8H4Cl2F3NO/c9-4-1-3(8(11,12)13)2-5(10)6(4)7(14)15/h1-2H,(H2,14,15). The van der Waals surface area contributed by atoms with Crippen LogP contribution in [0.5, 0.6) is 0 Å². The minimum Gasteiger partial charge on any atom is -0.366 e. The Kier molecular flexibility index (Phi) is 3.16. The predicted octanol–water partition coefficient (Wildman–Crippen LogP) is 3.11. The maximum absolute atomic E-state index is 12.2. The fourth-order valence-corrected chi connectivity index (χ4v) is 1.65.